The van der Waals surface area contributed by atoms with Crippen molar-refractivity contribution in [3.8, 4) is 5.75 Å². The SMILES string of the molecule is CN1[C@@H](CC(=O)N2CCOCC2)CC[C@H]1CNC(=O)CCc1ccc(O)cc1. The number of hydrogen-bond donors (Lipinski definition) is 2. The maximum absolute atomic E-state index is 12.5. The lowest BCUT2D eigenvalue weighted by molar-refractivity contribution is -0.136. The third kappa shape index (κ3) is 5.69. The van der Waals surface area contributed by atoms with Crippen molar-refractivity contribution in [1.82, 2.24) is 15.1 Å². The van der Waals surface area contributed by atoms with Gasteiger partial charge in [-0.3, -0.25) is 14.5 Å². The topological polar surface area (TPSA) is 82.1 Å². The van der Waals surface area contributed by atoms with E-state index >= 15 is 0 Å². The number of carbonyl (C=O) groups excluding carboxylic acids is 2. The number of nitrogens with one attached hydrogen (secondary N) is 1. The van der Waals surface area contributed by atoms with E-state index in [0.717, 1.165) is 18.4 Å². The van der Waals surface area contributed by atoms with Crippen LogP contribution in [0.15, 0.2) is 24.3 Å². The van der Waals surface area contributed by atoms with Gasteiger partial charge < -0.3 is 20.1 Å². The summed E-state index contributed by atoms with van der Waals surface area (Å²) in [6.45, 7) is 3.26. The van der Waals surface area contributed by atoms with Gasteiger partial charge in [0, 0.05) is 44.6 Å². The predicted octanol–water partition coefficient (Wildman–Crippen LogP) is 1.15. The molecule has 0 aromatic heterocycles. The van der Waals surface area contributed by atoms with Crippen LogP contribution in [0, 0.1) is 0 Å². The van der Waals surface area contributed by atoms with E-state index in [0.29, 0.717) is 52.1 Å². The zero-order valence-corrected chi connectivity index (χ0v) is 16.6. The van der Waals surface area contributed by atoms with Gasteiger partial charge in [0.05, 0.1) is 13.2 Å². The van der Waals surface area contributed by atoms with Gasteiger partial charge in [-0.15, -0.1) is 0 Å². The first-order chi connectivity index (χ1) is 13.5. The second-order valence-electron chi connectivity index (χ2n) is 7.72. The number of aromatic hydroxyl groups is 1. The largest absolute Gasteiger partial charge is 0.508 e. The highest BCUT2D eigenvalue weighted by Crippen LogP contribution is 2.25. The second kappa shape index (κ2) is 9.89. The Labute approximate surface area is 166 Å². The van der Waals surface area contributed by atoms with Gasteiger partial charge in [0.2, 0.25) is 11.8 Å². The number of carbonyl (C=O) groups is 2. The summed E-state index contributed by atoms with van der Waals surface area (Å²) in [7, 11) is 2.05. The molecule has 2 amide bonds. The van der Waals surface area contributed by atoms with Crippen LogP contribution in [0.3, 0.4) is 0 Å². The van der Waals surface area contributed by atoms with Gasteiger partial charge in [0.25, 0.3) is 0 Å². The van der Waals surface area contributed by atoms with Crippen molar-refractivity contribution < 1.29 is 19.4 Å². The number of amides is 2. The fourth-order valence-corrected chi connectivity index (χ4v) is 3.97. The number of aryl methyl sites for hydroxylation is 1. The fraction of sp³-hybridized carbons (Fsp3) is 0.619. The van der Waals surface area contributed by atoms with E-state index in [1.807, 2.05) is 17.0 Å². The highest BCUT2D eigenvalue weighted by atomic mass is 16.5. The number of morpholine rings is 1. The summed E-state index contributed by atoms with van der Waals surface area (Å²) in [6.07, 6.45) is 3.61. The number of ether oxygens (including phenoxy) is 1. The fourth-order valence-electron chi connectivity index (χ4n) is 3.97. The average Bonchev–Trinajstić information content (AvgIpc) is 3.06. The summed E-state index contributed by atoms with van der Waals surface area (Å²) in [4.78, 5) is 28.8. The summed E-state index contributed by atoms with van der Waals surface area (Å²) in [5.74, 6) is 0.479. The van der Waals surface area contributed by atoms with Crippen molar-refractivity contribution in [1.29, 1.82) is 0 Å². The molecule has 0 saturated carbocycles. The van der Waals surface area contributed by atoms with Crippen LogP contribution in [0.5, 0.6) is 5.75 Å². The molecule has 0 spiro atoms. The minimum atomic E-state index is 0.0364. The van der Waals surface area contributed by atoms with E-state index in [4.69, 9.17) is 4.74 Å². The molecule has 7 heteroatoms. The van der Waals surface area contributed by atoms with Gasteiger partial charge in [-0.2, -0.15) is 0 Å². The maximum atomic E-state index is 12.5. The molecule has 1 aromatic rings. The highest BCUT2D eigenvalue weighted by molar-refractivity contribution is 5.77. The minimum Gasteiger partial charge on any atom is -0.508 e. The van der Waals surface area contributed by atoms with Gasteiger partial charge >= 0.3 is 0 Å². The van der Waals surface area contributed by atoms with Gasteiger partial charge in [0.15, 0.2) is 0 Å². The number of likely N-dealkylation sites (N-methyl/N-ethyl adjacent to an activating group) is 1. The van der Waals surface area contributed by atoms with Crippen molar-refractivity contribution in [3.05, 3.63) is 29.8 Å². The first-order valence-electron chi connectivity index (χ1n) is 10.1. The van der Waals surface area contributed by atoms with E-state index in [-0.39, 0.29) is 29.6 Å². The van der Waals surface area contributed by atoms with Crippen LogP contribution in [0.1, 0.15) is 31.2 Å². The lowest BCUT2D eigenvalue weighted by atomic mass is 10.1. The number of likely N-dealkylation sites (tertiary alicyclic amines) is 1. The molecule has 7 nitrogen and oxygen atoms in total. The number of rotatable bonds is 7. The van der Waals surface area contributed by atoms with Crippen molar-refractivity contribution >= 4 is 11.8 Å². The molecule has 0 radical (unpaired) electrons. The molecule has 2 N–H and O–H groups in total. The number of phenolic OH excluding ortho intramolecular Hbond substituents is 1. The Kier molecular flexibility index (Phi) is 7.28. The van der Waals surface area contributed by atoms with Crippen molar-refractivity contribution in [3.63, 3.8) is 0 Å². The minimum absolute atomic E-state index is 0.0364. The normalized spacial score (nSPS) is 23.0. The molecule has 2 aliphatic heterocycles. The van der Waals surface area contributed by atoms with E-state index < -0.39 is 0 Å². The quantitative estimate of drug-likeness (QED) is 0.731. The molecule has 1 aromatic carbocycles. The standard InChI is InChI=1S/C21H31N3O4/c1-23-17(14-21(27)24-10-12-28-13-11-24)5-6-18(23)15-22-20(26)9-4-16-2-7-19(25)8-3-16/h2-3,7-8,17-18,25H,4-6,9-15H2,1H3,(H,22,26)/t17-,18+/m1/s1. The van der Waals surface area contributed by atoms with Crippen LogP contribution in [-0.2, 0) is 20.7 Å². The van der Waals surface area contributed by atoms with Crippen LogP contribution in [0.4, 0.5) is 0 Å². The summed E-state index contributed by atoms with van der Waals surface area (Å²) in [6, 6.07) is 7.47. The first-order valence-corrected chi connectivity index (χ1v) is 10.1. The zero-order chi connectivity index (χ0) is 19.9. The Morgan fingerprint density at radius 3 is 2.54 bits per heavy atom. The van der Waals surface area contributed by atoms with E-state index in [1.54, 1.807) is 12.1 Å². The summed E-state index contributed by atoms with van der Waals surface area (Å²) in [5.41, 5.74) is 1.03. The molecule has 0 unspecified atom stereocenters. The molecule has 154 valence electrons. The lowest BCUT2D eigenvalue weighted by Gasteiger charge is -2.30. The molecule has 28 heavy (non-hydrogen) atoms. The molecule has 2 heterocycles. The second-order valence-corrected chi connectivity index (χ2v) is 7.72. The van der Waals surface area contributed by atoms with Crippen LogP contribution < -0.4 is 5.32 Å². The third-order valence-electron chi connectivity index (χ3n) is 5.87. The Morgan fingerprint density at radius 2 is 1.82 bits per heavy atom. The molecule has 0 bridgehead atoms. The first kappa shape index (κ1) is 20.6. The zero-order valence-electron chi connectivity index (χ0n) is 16.6. The smallest absolute Gasteiger partial charge is 0.224 e. The Balaban J connectivity index is 1.37. The average molecular weight is 389 g/mol. The van der Waals surface area contributed by atoms with E-state index in [2.05, 4.69) is 17.3 Å². The number of hydrogen-bond acceptors (Lipinski definition) is 5. The van der Waals surface area contributed by atoms with Gasteiger partial charge in [-0.25, -0.2) is 0 Å². The van der Waals surface area contributed by atoms with Gasteiger partial charge in [-0.1, -0.05) is 12.1 Å². The van der Waals surface area contributed by atoms with Gasteiger partial charge in [0.1, 0.15) is 5.75 Å². The molecular weight excluding hydrogens is 358 g/mol. The molecular formula is C21H31N3O4. The van der Waals surface area contributed by atoms with Crippen LogP contribution in [0.25, 0.3) is 0 Å². The molecule has 3 rings (SSSR count). The van der Waals surface area contributed by atoms with Crippen molar-refractivity contribution in [2.45, 2.75) is 44.2 Å². The molecule has 2 atom stereocenters. The Bertz CT molecular complexity index is 658. The molecule has 2 aliphatic rings. The molecule has 2 fully saturated rings. The monoisotopic (exact) mass is 389 g/mol. The third-order valence-corrected chi connectivity index (χ3v) is 5.87. The summed E-state index contributed by atoms with van der Waals surface area (Å²) in [5, 5.41) is 12.3. The summed E-state index contributed by atoms with van der Waals surface area (Å²) < 4.78 is 5.31. The maximum Gasteiger partial charge on any atom is 0.224 e. The van der Waals surface area contributed by atoms with Crippen molar-refractivity contribution in [2.75, 3.05) is 39.9 Å². The number of benzene rings is 1. The van der Waals surface area contributed by atoms with Crippen molar-refractivity contribution in [2.24, 2.45) is 0 Å². The van der Waals surface area contributed by atoms with Gasteiger partial charge in [-0.05, 0) is 44.0 Å². The predicted molar refractivity (Wildman–Crippen MR) is 106 cm³/mol. The summed E-state index contributed by atoms with van der Waals surface area (Å²) >= 11 is 0. The number of nitrogens with zero attached hydrogens (tertiary/aromatic N) is 2. The van der Waals surface area contributed by atoms with Crippen LogP contribution in [-0.4, -0.2) is 78.7 Å². The van der Waals surface area contributed by atoms with E-state index in [9.17, 15) is 14.7 Å². The molecule has 0 aliphatic carbocycles. The highest BCUT2D eigenvalue weighted by Gasteiger charge is 2.33. The lowest BCUT2D eigenvalue weighted by Crippen LogP contribution is -2.45. The Hall–Kier alpha value is -2.12. The van der Waals surface area contributed by atoms with Crippen LogP contribution in [0.2, 0.25) is 0 Å². The Morgan fingerprint density at radius 1 is 1.14 bits per heavy atom. The molecule has 2 saturated heterocycles. The van der Waals surface area contributed by atoms with Crippen LogP contribution >= 0.6 is 0 Å². The number of phenols is 1. The van der Waals surface area contributed by atoms with E-state index in [1.165, 1.54) is 0 Å².